The van der Waals surface area contributed by atoms with Crippen molar-refractivity contribution < 1.29 is 13.9 Å². The normalized spacial score (nSPS) is 10.3. The Balaban J connectivity index is 1.62. The topological polar surface area (TPSA) is 63.2 Å². The summed E-state index contributed by atoms with van der Waals surface area (Å²) in [6, 6.07) is 15.1. The standard InChI is InChI=1S/C20H17ClFN3O2/c1-27-19-5-3-2-4-13(19)11-24-20(26)18-9-7-15(12-23-18)25-14-6-8-17(22)16(21)10-14/h2-10,12,25H,11H2,1H3,(H,24,26). The molecule has 0 saturated heterocycles. The average Bonchev–Trinajstić information content (AvgIpc) is 2.69. The van der Waals surface area contributed by atoms with E-state index in [2.05, 4.69) is 15.6 Å². The van der Waals surface area contributed by atoms with E-state index >= 15 is 0 Å². The highest BCUT2D eigenvalue weighted by molar-refractivity contribution is 6.31. The molecular weight excluding hydrogens is 369 g/mol. The molecule has 0 fully saturated rings. The number of carbonyl (C=O) groups is 1. The van der Waals surface area contributed by atoms with Gasteiger partial charge in [-0.25, -0.2) is 9.37 Å². The minimum absolute atomic E-state index is 0.0281. The maximum atomic E-state index is 13.2. The van der Waals surface area contributed by atoms with Crippen molar-refractivity contribution in [2.75, 3.05) is 12.4 Å². The first-order valence-corrected chi connectivity index (χ1v) is 8.53. The smallest absolute Gasteiger partial charge is 0.270 e. The van der Waals surface area contributed by atoms with Gasteiger partial charge in [0.25, 0.3) is 5.91 Å². The van der Waals surface area contributed by atoms with Gasteiger partial charge in [-0.2, -0.15) is 0 Å². The third-order valence-corrected chi connectivity index (χ3v) is 4.13. The number of carbonyl (C=O) groups excluding carboxylic acids is 1. The average molecular weight is 386 g/mol. The highest BCUT2D eigenvalue weighted by Crippen LogP contribution is 2.22. The molecular formula is C20H17ClFN3O2. The summed E-state index contributed by atoms with van der Waals surface area (Å²) in [7, 11) is 1.59. The van der Waals surface area contributed by atoms with Crippen molar-refractivity contribution in [3.63, 3.8) is 0 Å². The third kappa shape index (κ3) is 4.74. The lowest BCUT2D eigenvalue weighted by molar-refractivity contribution is 0.0945. The first kappa shape index (κ1) is 18.7. The van der Waals surface area contributed by atoms with Gasteiger partial charge < -0.3 is 15.4 Å². The number of nitrogens with zero attached hydrogens (tertiary/aromatic N) is 1. The lowest BCUT2D eigenvalue weighted by atomic mass is 10.2. The van der Waals surface area contributed by atoms with Crippen LogP contribution >= 0.6 is 11.6 Å². The molecule has 27 heavy (non-hydrogen) atoms. The monoisotopic (exact) mass is 385 g/mol. The Morgan fingerprint density at radius 1 is 1.15 bits per heavy atom. The molecule has 138 valence electrons. The summed E-state index contributed by atoms with van der Waals surface area (Å²) >= 11 is 5.76. The van der Waals surface area contributed by atoms with Gasteiger partial charge in [-0.05, 0) is 36.4 Å². The second-order valence-corrected chi connectivity index (χ2v) is 6.09. The summed E-state index contributed by atoms with van der Waals surface area (Å²) in [5, 5.41) is 5.89. The van der Waals surface area contributed by atoms with Crippen LogP contribution in [-0.2, 0) is 6.54 Å². The van der Waals surface area contributed by atoms with Crippen molar-refractivity contribution in [2.24, 2.45) is 0 Å². The Morgan fingerprint density at radius 2 is 1.93 bits per heavy atom. The third-order valence-electron chi connectivity index (χ3n) is 3.84. The number of para-hydroxylation sites is 1. The summed E-state index contributed by atoms with van der Waals surface area (Å²) < 4.78 is 18.5. The first-order chi connectivity index (χ1) is 13.1. The van der Waals surface area contributed by atoms with E-state index in [-0.39, 0.29) is 16.6 Å². The van der Waals surface area contributed by atoms with Crippen LogP contribution in [0.2, 0.25) is 5.02 Å². The zero-order valence-corrected chi connectivity index (χ0v) is 15.3. The lowest BCUT2D eigenvalue weighted by Gasteiger charge is -2.10. The molecule has 0 aliphatic heterocycles. The molecule has 1 amide bonds. The fourth-order valence-electron chi connectivity index (χ4n) is 2.46. The second kappa shape index (κ2) is 8.51. The van der Waals surface area contributed by atoms with E-state index < -0.39 is 5.82 Å². The SMILES string of the molecule is COc1ccccc1CNC(=O)c1ccc(Nc2ccc(F)c(Cl)c2)cn1. The molecule has 2 N–H and O–H groups in total. The van der Waals surface area contributed by atoms with Gasteiger partial charge in [0.05, 0.1) is 24.0 Å². The number of hydrogen-bond acceptors (Lipinski definition) is 4. The molecule has 7 heteroatoms. The fourth-order valence-corrected chi connectivity index (χ4v) is 2.64. The Kier molecular flexibility index (Phi) is 5.88. The van der Waals surface area contributed by atoms with E-state index in [0.717, 1.165) is 5.56 Å². The van der Waals surface area contributed by atoms with Crippen LogP contribution in [0.3, 0.4) is 0 Å². The summed E-state index contributed by atoms with van der Waals surface area (Å²) in [5.74, 6) is -0.0667. The van der Waals surface area contributed by atoms with Crippen molar-refractivity contribution in [1.82, 2.24) is 10.3 Å². The van der Waals surface area contributed by atoms with Crippen LogP contribution in [0.4, 0.5) is 15.8 Å². The molecule has 0 saturated carbocycles. The molecule has 2 aromatic carbocycles. The molecule has 0 aliphatic rings. The van der Waals surface area contributed by atoms with E-state index in [1.807, 2.05) is 24.3 Å². The molecule has 1 heterocycles. The zero-order valence-electron chi connectivity index (χ0n) is 14.5. The molecule has 5 nitrogen and oxygen atoms in total. The van der Waals surface area contributed by atoms with E-state index in [4.69, 9.17) is 16.3 Å². The van der Waals surface area contributed by atoms with Gasteiger partial charge in [-0.15, -0.1) is 0 Å². The molecule has 1 aromatic heterocycles. The van der Waals surface area contributed by atoms with Crippen molar-refractivity contribution in [1.29, 1.82) is 0 Å². The van der Waals surface area contributed by atoms with Gasteiger partial charge in [0.2, 0.25) is 0 Å². The van der Waals surface area contributed by atoms with E-state index in [9.17, 15) is 9.18 Å². The molecule has 0 bridgehead atoms. The van der Waals surface area contributed by atoms with Crippen LogP contribution in [0.25, 0.3) is 0 Å². The number of methoxy groups -OCH3 is 1. The Labute approximate surface area is 161 Å². The summed E-state index contributed by atoms with van der Waals surface area (Å²) in [6.07, 6.45) is 1.52. The van der Waals surface area contributed by atoms with Crippen molar-refractivity contribution in [3.8, 4) is 5.75 Å². The number of anilines is 2. The summed E-state index contributed by atoms with van der Waals surface area (Å²) in [6.45, 7) is 0.332. The summed E-state index contributed by atoms with van der Waals surface area (Å²) in [5.41, 5.74) is 2.43. The first-order valence-electron chi connectivity index (χ1n) is 8.15. The van der Waals surface area contributed by atoms with Gasteiger partial charge in [-0.3, -0.25) is 4.79 Å². The molecule has 0 spiro atoms. The quantitative estimate of drug-likeness (QED) is 0.653. The number of ether oxygens (including phenoxy) is 1. The minimum Gasteiger partial charge on any atom is -0.496 e. The van der Waals surface area contributed by atoms with Gasteiger partial charge >= 0.3 is 0 Å². The number of benzene rings is 2. The number of rotatable bonds is 6. The molecule has 0 unspecified atom stereocenters. The number of halogens is 2. The maximum Gasteiger partial charge on any atom is 0.270 e. The highest BCUT2D eigenvalue weighted by Gasteiger charge is 2.09. The van der Waals surface area contributed by atoms with Gasteiger partial charge in [0.1, 0.15) is 17.3 Å². The molecule has 3 rings (SSSR count). The van der Waals surface area contributed by atoms with E-state index in [0.29, 0.717) is 23.7 Å². The van der Waals surface area contributed by atoms with Crippen molar-refractivity contribution >= 4 is 28.9 Å². The van der Waals surface area contributed by atoms with Crippen LogP contribution in [0.15, 0.2) is 60.8 Å². The van der Waals surface area contributed by atoms with E-state index in [1.54, 1.807) is 25.3 Å². The Hall–Kier alpha value is -3.12. The number of aromatic nitrogens is 1. The lowest BCUT2D eigenvalue weighted by Crippen LogP contribution is -2.24. The van der Waals surface area contributed by atoms with Crippen LogP contribution < -0.4 is 15.4 Å². The van der Waals surface area contributed by atoms with Crippen LogP contribution in [0.5, 0.6) is 5.75 Å². The van der Waals surface area contributed by atoms with E-state index in [1.165, 1.54) is 18.3 Å². The number of hydrogen-bond donors (Lipinski definition) is 2. The van der Waals surface area contributed by atoms with Gasteiger partial charge in [0.15, 0.2) is 0 Å². The molecule has 0 radical (unpaired) electrons. The summed E-state index contributed by atoms with van der Waals surface area (Å²) in [4.78, 5) is 16.4. The fraction of sp³-hybridized carbons (Fsp3) is 0.100. The zero-order chi connectivity index (χ0) is 19.2. The van der Waals surface area contributed by atoms with Crippen LogP contribution in [0.1, 0.15) is 16.1 Å². The largest absolute Gasteiger partial charge is 0.496 e. The van der Waals surface area contributed by atoms with Gasteiger partial charge in [-0.1, -0.05) is 29.8 Å². The van der Waals surface area contributed by atoms with Crippen molar-refractivity contribution in [2.45, 2.75) is 6.54 Å². The maximum absolute atomic E-state index is 13.2. The van der Waals surface area contributed by atoms with Crippen LogP contribution in [-0.4, -0.2) is 18.0 Å². The Morgan fingerprint density at radius 3 is 2.63 bits per heavy atom. The van der Waals surface area contributed by atoms with Crippen molar-refractivity contribution in [3.05, 3.63) is 82.9 Å². The predicted molar refractivity (Wildman–Crippen MR) is 103 cm³/mol. The molecule has 0 atom stereocenters. The number of pyridine rings is 1. The second-order valence-electron chi connectivity index (χ2n) is 5.68. The molecule has 3 aromatic rings. The van der Waals surface area contributed by atoms with Gasteiger partial charge in [0, 0.05) is 17.8 Å². The number of nitrogens with one attached hydrogen (secondary N) is 2. The Bertz CT molecular complexity index is 948. The predicted octanol–water partition coefficient (Wildman–Crippen LogP) is 4.56. The number of amides is 1. The molecule has 0 aliphatic carbocycles. The highest BCUT2D eigenvalue weighted by atomic mass is 35.5. The van der Waals surface area contributed by atoms with Crippen LogP contribution in [0, 0.1) is 5.82 Å². The minimum atomic E-state index is -0.484.